The van der Waals surface area contributed by atoms with E-state index in [1.54, 1.807) is 31.7 Å². The fraction of sp³-hybridized carbons (Fsp3) is 0.261. The van der Waals surface area contributed by atoms with Crippen LogP contribution >= 0.6 is 15.9 Å². The van der Waals surface area contributed by atoms with Gasteiger partial charge in [-0.3, -0.25) is 9.69 Å². The lowest BCUT2D eigenvalue weighted by Gasteiger charge is -2.21. The summed E-state index contributed by atoms with van der Waals surface area (Å²) < 4.78 is 6.22. The fourth-order valence-corrected chi connectivity index (χ4v) is 3.13. The molecule has 0 fully saturated rings. The Hall–Kier alpha value is -2.93. The van der Waals surface area contributed by atoms with Crippen LogP contribution in [0.2, 0.25) is 0 Å². The van der Waals surface area contributed by atoms with Gasteiger partial charge in [-0.2, -0.15) is 0 Å². The normalized spacial score (nSPS) is 15.3. The third kappa shape index (κ3) is 5.79. The third-order valence-corrected chi connectivity index (χ3v) is 4.68. The Morgan fingerprint density at radius 3 is 2.43 bits per heavy atom. The summed E-state index contributed by atoms with van der Waals surface area (Å²) in [4.78, 5) is 31.1. The predicted molar refractivity (Wildman–Crippen MR) is 121 cm³/mol. The summed E-state index contributed by atoms with van der Waals surface area (Å²) in [5, 5.41) is 2.69. The van der Waals surface area contributed by atoms with E-state index in [-0.39, 0.29) is 19.0 Å². The molecule has 0 aromatic heterocycles. The van der Waals surface area contributed by atoms with Crippen LogP contribution in [0.5, 0.6) is 0 Å². The van der Waals surface area contributed by atoms with Crippen molar-refractivity contribution in [2.75, 3.05) is 13.1 Å². The number of amidine groups is 1. The summed E-state index contributed by atoms with van der Waals surface area (Å²) in [5.41, 5.74) is 1.49. The standard InChI is InChI=1S/C23H24BrN3O3/c1-23(2,3)30-22(29)25-13-14-27-20(17-7-5-4-6-8-17)26-19(21(27)28)15-16-9-11-18(24)12-10-16/h4-12,15H,13-14H2,1-3H3,(H,25,29)/b19-15-. The molecule has 2 aromatic rings. The highest BCUT2D eigenvalue weighted by Gasteiger charge is 2.31. The maximum absolute atomic E-state index is 13.1. The molecule has 3 rings (SSSR count). The lowest BCUT2D eigenvalue weighted by atomic mass is 10.2. The highest BCUT2D eigenvalue weighted by molar-refractivity contribution is 9.10. The van der Waals surface area contributed by atoms with Crippen LogP contribution in [-0.4, -0.2) is 41.4 Å². The topological polar surface area (TPSA) is 71.0 Å². The largest absolute Gasteiger partial charge is 0.444 e. The van der Waals surface area contributed by atoms with Crippen molar-refractivity contribution in [2.45, 2.75) is 26.4 Å². The quantitative estimate of drug-likeness (QED) is 0.650. The van der Waals surface area contributed by atoms with E-state index >= 15 is 0 Å². The van der Waals surface area contributed by atoms with E-state index in [4.69, 9.17) is 4.74 Å². The van der Waals surface area contributed by atoms with E-state index in [0.29, 0.717) is 11.5 Å². The number of ether oxygens (including phenoxy) is 1. The smallest absolute Gasteiger partial charge is 0.407 e. The Morgan fingerprint density at radius 1 is 1.13 bits per heavy atom. The molecule has 7 heteroatoms. The maximum Gasteiger partial charge on any atom is 0.407 e. The van der Waals surface area contributed by atoms with Gasteiger partial charge in [-0.15, -0.1) is 0 Å². The zero-order valence-corrected chi connectivity index (χ0v) is 18.8. The zero-order chi connectivity index (χ0) is 21.7. The highest BCUT2D eigenvalue weighted by Crippen LogP contribution is 2.22. The van der Waals surface area contributed by atoms with Gasteiger partial charge in [0.15, 0.2) is 0 Å². The average Bonchev–Trinajstić information content (AvgIpc) is 2.99. The first-order valence-electron chi connectivity index (χ1n) is 9.63. The number of amides is 2. The number of rotatable bonds is 5. The van der Waals surface area contributed by atoms with Gasteiger partial charge in [-0.25, -0.2) is 9.79 Å². The molecule has 0 radical (unpaired) electrons. The lowest BCUT2D eigenvalue weighted by Crippen LogP contribution is -2.41. The number of aliphatic imine (C=N–C) groups is 1. The van der Waals surface area contributed by atoms with Gasteiger partial charge >= 0.3 is 6.09 Å². The molecule has 156 valence electrons. The van der Waals surface area contributed by atoms with Crippen LogP contribution in [0.25, 0.3) is 6.08 Å². The second-order valence-electron chi connectivity index (χ2n) is 7.77. The van der Waals surface area contributed by atoms with Crippen molar-refractivity contribution in [3.63, 3.8) is 0 Å². The monoisotopic (exact) mass is 469 g/mol. The number of nitrogens with one attached hydrogen (secondary N) is 1. The van der Waals surface area contributed by atoms with Crippen molar-refractivity contribution in [3.05, 3.63) is 75.9 Å². The Morgan fingerprint density at radius 2 is 1.80 bits per heavy atom. The molecular weight excluding hydrogens is 446 g/mol. The number of hydrogen-bond donors (Lipinski definition) is 1. The summed E-state index contributed by atoms with van der Waals surface area (Å²) in [6.07, 6.45) is 1.25. The van der Waals surface area contributed by atoms with E-state index < -0.39 is 11.7 Å². The molecule has 2 amide bonds. The predicted octanol–water partition coefficient (Wildman–Crippen LogP) is 4.60. The number of alkyl carbamates (subject to hydrolysis) is 1. The zero-order valence-electron chi connectivity index (χ0n) is 17.2. The van der Waals surface area contributed by atoms with Crippen LogP contribution in [-0.2, 0) is 9.53 Å². The van der Waals surface area contributed by atoms with Crippen LogP contribution in [0.1, 0.15) is 31.9 Å². The molecule has 0 atom stereocenters. The molecule has 0 saturated carbocycles. The number of benzene rings is 2. The first kappa shape index (κ1) is 21.8. The molecule has 1 aliphatic heterocycles. The minimum absolute atomic E-state index is 0.206. The first-order valence-corrected chi connectivity index (χ1v) is 10.4. The highest BCUT2D eigenvalue weighted by atomic mass is 79.9. The SMILES string of the molecule is CC(C)(C)OC(=O)NCCN1C(=O)/C(=C/c2ccc(Br)cc2)N=C1c1ccccc1. The molecular formula is C23H24BrN3O3. The van der Waals surface area contributed by atoms with Gasteiger partial charge in [0.05, 0.1) is 0 Å². The fourth-order valence-electron chi connectivity index (χ4n) is 2.87. The number of nitrogens with zero attached hydrogens (tertiary/aromatic N) is 2. The third-order valence-electron chi connectivity index (χ3n) is 4.16. The van der Waals surface area contributed by atoms with Crippen molar-refractivity contribution in [2.24, 2.45) is 4.99 Å². The molecule has 30 heavy (non-hydrogen) atoms. The molecule has 6 nitrogen and oxygen atoms in total. The van der Waals surface area contributed by atoms with Crippen molar-refractivity contribution in [3.8, 4) is 0 Å². The van der Waals surface area contributed by atoms with Crippen LogP contribution in [0.15, 0.2) is 69.8 Å². The Bertz CT molecular complexity index is 977. The van der Waals surface area contributed by atoms with E-state index in [9.17, 15) is 9.59 Å². The van der Waals surface area contributed by atoms with Crippen molar-refractivity contribution in [1.82, 2.24) is 10.2 Å². The first-order chi connectivity index (χ1) is 14.2. The van der Waals surface area contributed by atoms with E-state index in [1.165, 1.54) is 0 Å². The van der Waals surface area contributed by atoms with Gasteiger partial charge in [-0.1, -0.05) is 58.4 Å². The van der Waals surface area contributed by atoms with Crippen LogP contribution in [0.4, 0.5) is 4.79 Å². The van der Waals surface area contributed by atoms with Crippen molar-refractivity contribution >= 4 is 39.8 Å². The number of halogens is 1. The number of carbonyl (C=O) groups is 2. The lowest BCUT2D eigenvalue weighted by molar-refractivity contribution is -0.122. The van der Waals surface area contributed by atoms with Gasteiger partial charge in [0.2, 0.25) is 0 Å². The van der Waals surface area contributed by atoms with Crippen LogP contribution in [0.3, 0.4) is 0 Å². The van der Waals surface area contributed by atoms with Gasteiger partial charge in [0.1, 0.15) is 17.1 Å². The summed E-state index contributed by atoms with van der Waals surface area (Å²) in [6.45, 7) is 5.93. The van der Waals surface area contributed by atoms with Crippen molar-refractivity contribution < 1.29 is 14.3 Å². The maximum atomic E-state index is 13.1. The van der Waals surface area contributed by atoms with E-state index in [0.717, 1.165) is 15.6 Å². The molecule has 0 unspecified atom stereocenters. The number of hydrogen-bond acceptors (Lipinski definition) is 4. The van der Waals surface area contributed by atoms with Crippen molar-refractivity contribution in [1.29, 1.82) is 0 Å². The Balaban J connectivity index is 1.79. The van der Waals surface area contributed by atoms with Gasteiger partial charge in [-0.05, 0) is 44.5 Å². The van der Waals surface area contributed by atoms with Crippen LogP contribution < -0.4 is 5.32 Å². The van der Waals surface area contributed by atoms with Gasteiger partial charge < -0.3 is 10.1 Å². The molecule has 0 spiro atoms. The van der Waals surface area contributed by atoms with Crippen LogP contribution in [0, 0.1) is 0 Å². The molecule has 1 N–H and O–H groups in total. The average molecular weight is 470 g/mol. The molecule has 0 bridgehead atoms. The molecule has 0 saturated heterocycles. The van der Waals surface area contributed by atoms with E-state index in [2.05, 4.69) is 26.2 Å². The Labute approximate surface area is 184 Å². The number of carbonyl (C=O) groups excluding carboxylic acids is 2. The minimum atomic E-state index is -0.579. The van der Waals surface area contributed by atoms with E-state index in [1.807, 2.05) is 54.6 Å². The second kappa shape index (κ2) is 9.26. The summed E-state index contributed by atoms with van der Waals surface area (Å²) in [5.74, 6) is 0.359. The molecule has 1 heterocycles. The second-order valence-corrected chi connectivity index (χ2v) is 8.68. The summed E-state index contributed by atoms with van der Waals surface area (Å²) >= 11 is 3.41. The molecule has 1 aliphatic rings. The summed E-state index contributed by atoms with van der Waals surface area (Å²) in [7, 11) is 0. The van der Waals surface area contributed by atoms with Gasteiger partial charge in [0, 0.05) is 23.1 Å². The summed E-state index contributed by atoms with van der Waals surface area (Å²) in [6, 6.07) is 17.2. The molecule has 0 aliphatic carbocycles. The molecule has 2 aromatic carbocycles. The van der Waals surface area contributed by atoms with Gasteiger partial charge in [0.25, 0.3) is 5.91 Å². The Kier molecular flexibility index (Phi) is 6.72. The minimum Gasteiger partial charge on any atom is -0.444 e.